The van der Waals surface area contributed by atoms with Crippen molar-refractivity contribution in [2.45, 2.75) is 36.0 Å². The lowest BCUT2D eigenvalue weighted by atomic mass is 9.99. The lowest BCUT2D eigenvalue weighted by Crippen LogP contribution is -2.47. The van der Waals surface area contributed by atoms with E-state index < -0.39 is 26.0 Å². The number of alkyl halides is 2. The number of anilines is 1. The zero-order valence-electron chi connectivity index (χ0n) is 11.4. The average molecular weight is 318 g/mol. The van der Waals surface area contributed by atoms with Gasteiger partial charge in [0.1, 0.15) is 0 Å². The molecule has 0 bridgehead atoms. The van der Waals surface area contributed by atoms with Gasteiger partial charge in [0.05, 0.1) is 10.4 Å². The van der Waals surface area contributed by atoms with Crippen LogP contribution in [0.5, 0.6) is 0 Å². The Kier molecular flexibility index (Phi) is 4.29. The largest absolute Gasteiger partial charge is 0.341 e. The molecule has 0 aromatic heterocycles. The number of carbonyl (C=O) groups is 1. The Hall–Kier alpha value is -1.54. The summed E-state index contributed by atoms with van der Waals surface area (Å²) >= 11 is 0. The molecule has 1 unspecified atom stereocenters. The van der Waals surface area contributed by atoms with Crippen molar-refractivity contribution in [3.8, 4) is 0 Å². The Labute approximate surface area is 121 Å². The predicted molar refractivity (Wildman–Crippen MR) is 73.9 cm³/mol. The standard InChI is InChI=1S/C13H16F2N2O3S/c1-13(7-2-8-16-13)11(18)17-9-3-5-10(6-4-9)21(19,20)12(14)15/h3-6,12,16H,2,7-8H2,1H3,(H,17,18). The Morgan fingerprint density at radius 1 is 1.33 bits per heavy atom. The van der Waals surface area contributed by atoms with E-state index in [4.69, 9.17) is 0 Å². The molecule has 1 fully saturated rings. The van der Waals surface area contributed by atoms with E-state index in [9.17, 15) is 22.0 Å². The van der Waals surface area contributed by atoms with Crippen molar-refractivity contribution >= 4 is 21.4 Å². The first kappa shape index (κ1) is 15.8. The van der Waals surface area contributed by atoms with Crippen molar-refractivity contribution < 1.29 is 22.0 Å². The van der Waals surface area contributed by atoms with Crippen LogP contribution in [0, 0.1) is 0 Å². The zero-order chi connectivity index (χ0) is 15.7. The zero-order valence-corrected chi connectivity index (χ0v) is 12.2. The Morgan fingerprint density at radius 2 is 1.95 bits per heavy atom. The maximum Gasteiger partial charge on any atom is 0.341 e. The number of rotatable bonds is 4. The molecule has 2 rings (SSSR count). The van der Waals surface area contributed by atoms with Gasteiger partial charge in [-0.1, -0.05) is 0 Å². The molecular formula is C13H16F2N2O3S. The van der Waals surface area contributed by atoms with E-state index >= 15 is 0 Å². The second kappa shape index (κ2) is 5.69. The SMILES string of the molecule is CC1(C(=O)Nc2ccc(S(=O)(=O)C(F)F)cc2)CCCN1. The predicted octanol–water partition coefficient (Wildman–Crippen LogP) is 1.76. The van der Waals surface area contributed by atoms with Crippen LogP contribution in [0.25, 0.3) is 0 Å². The van der Waals surface area contributed by atoms with Crippen LogP contribution in [0.15, 0.2) is 29.2 Å². The average Bonchev–Trinajstić information content (AvgIpc) is 2.87. The summed E-state index contributed by atoms with van der Waals surface area (Å²) in [6, 6.07) is 4.71. The van der Waals surface area contributed by atoms with Gasteiger partial charge in [-0.15, -0.1) is 0 Å². The molecule has 1 aromatic carbocycles. The number of carbonyl (C=O) groups excluding carboxylic acids is 1. The summed E-state index contributed by atoms with van der Waals surface area (Å²) in [4.78, 5) is 11.6. The second-order valence-corrected chi connectivity index (χ2v) is 7.06. The smallest absolute Gasteiger partial charge is 0.324 e. The Morgan fingerprint density at radius 3 is 2.43 bits per heavy atom. The lowest BCUT2D eigenvalue weighted by Gasteiger charge is -2.23. The topological polar surface area (TPSA) is 75.3 Å². The van der Waals surface area contributed by atoms with Crippen molar-refractivity contribution in [2.24, 2.45) is 0 Å². The molecule has 1 heterocycles. The van der Waals surface area contributed by atoms with Crippen molar-refractivity contribution in [2.75, 3.05) is 11.9 Å². The van der Waals surface area contributed by atoms with E-state index in [1.54, 1.807) is 6.92 Å². The first-order valence-corrected chi connectivity index (χ1v) is 7.99. The van der Waals surface area contributed by atoms with E-state index in [1.807, 2.05) is 0 Å². The third kappa shape index (κ3) is 3.21. The minimum atomic E-state index is -4.61. The molecule has 0 radical (unpaired) electrons. The van der Waals surface area contributed by atoms with Crippen LogP contribution in [-0.2, 0) is 14.6 Å². The maximum atomic E-state index is 12.4. The summed E-state index contributed by atoms with van der Waals surface area (Å²) in [6.07, 6.45) is 1.60. The van der Waals surface area contributed by atoms with Gasteiger partial charge < -0.3 is 10.6 Å². The molecule has 5 nitrogen and oxygen atoms in total. The first-order valence-electron chi connectivity index (χ1n) is 6.44. The van der Waals surface area contributed by atoms with Gasteiger partial charge in [0.25, 0.3) is 0 Å². The lowest BCUT2D eigenvalue weighted by molar-refractivity contribution is -0.121. The summed E-state index contributed by atoms with van der Waals surface area (Å²) < 4.78 is 47.4. The molecule has 1 atom stereocenters. The van der Waals surface area contributed by atoms with Crippen LogP contribution >= 0.6 is 0 Å². The second-order valence-electron chi connectivity index (χ2n) is 5.15. The van der Waals surface area contributed by atoms with Crippen LogP contribution in [0.3, 0.4) is 0 Å². The van der Waals surface area contributed by atoms with Crippen molar-refractivity contribution in [3.05, 3.63) is 24.3 Å². The summed E-state index contributed by atoms with van der Waals surface area (Å²) in [5, 5.41) is 5.74. The summed E-state index contributed by atoms with van der Waals surface area (Å²) in [5.41, 5.74) is -0.295. The number of hydrogen-bond acceptors (Lipinski definition) is 4. The van der Waals surface area contributed by atoms with E-state index in [1.165, 1.54) is 12.1 Å². The van der Waals surface area contributed by atoms with Gasteiger partial charge in [-0.2, -0.15) is 8.78 Å². The molecule has 8 heteroatoms. The molecule has 0 spiro atoms. The molecule has 1 aromatic rings. The van der Waals surface area contributed by atoms with Gasteiger partial charge in [0.2, 0.25) is 15.7 Å². The molecule has 1 aliphatic heterocycles. The number of benzene rings is 1. The molecule has 1 aliphatic rings. The highest BCUT2D eigenvalue weighted by molar-refractivity contribution is 7.91. The molecule has 1 saturated heterocycles. The quantitative estimate of drug-likeness (QED) is 0.887. The number of nitrogens with one attached hydrogen (secondary N) is 2. The van der Waals surface area contributed by atoms with Crippen LogP contribution in [0.4, 0.5) is 14.5 Å². The van der Waals surface area contributed by atoms with E-state index in [0.717, 1.165) is 25.1 Å². The molecular weight excluding hydrogens is 302 g/mol. The van der Waals surface area contributed by atoms with Gasteiger partial charge in [-0.3, -0.25) is 4.79 Å². The normalized spacial score (nSPS) is 22.5. The molecule has 116 valence electrons. The molecule has 0 saturated carbocycles. The molecule has 21 heavy (non-hydrogen) atoms. The van der Waals surface area contributed by atoms with Crippen LogP contribution in [0.1, 0.15) is 19.8 Å². The van der Waals surface area contributed by atoms with E-state index in [-0.39, 0.29) is 5.91 Å². The summed E-state index contributed by atoms with van der Waals surface area (Å²) in [6.45, 7) is 2.54. The van der Waals surface area contributed by atoms with Crippen molar-refractivity contribution in [3.63, 3.8) is 0 Å². The Bertz CT molecular complexity index is 623. The fourth-order valence-corrected chi connectivity index (χ4v) is 2.91. The molecule has 2 N–H and O–H groups in total. The molecule has 1 amide bonds. The fraction of sp³-hybridized carbons (Fsp3) is 0.462. The van der Waals surface area contributed by atoms with Gasteiger partial charge in [-0.05, 0) is 50.6 Å². The Balaban J connectivity index is 2.12. The highest BCUT2D eigenvalue weighted by atomic mass is 32.2. The highest BCUT2D eigenvalue weighted by Gasteiger charge is 2.35. The third-order valence-corrected chi connectivity index (χ3v) is 4.94. The summed E-state index contributed by atoms with van der Waals surface area (Å²) in [7, 11) is -4.61. The first-order chi connectivity index (χ1) is 9.75. The van der Waals surface area contributed by atoms with Crippen molar-refractivity contribution in [1.82, 2.24) is 5.32 Å². The summed E-state index contributed by atoms with van der Waals surface area (Å²) in [5.74, 6) is -3.69. The number of halogens is 2. The highest BCUT2D eigenvalue weighted by Crippen LogP contribution is 2.23. The van der Waals surface area contributed by atoms with Gasteiger partial charge in [-0.25, -0.2) is 8.42 Å². The number of hydrogen-bond donors (Lipinski definition) is 2. The third-order valence-electron chi connectivity index (χ3n) is 3.55. The maximum absolute atomic E-state index is 12.4. The van der Waals surface area contributed by atoms with E-state index in [2.05, 4.69) is 10.6 Å². The monoisotopic (exact) mass is 318 g/mol. The van der Waals surface area contributed by atoms with Crippen LogP contribution in [0.2, 0.25) is 0 Å². The van der Waals surface area contributed by atoms with Crippen LogP contribution in [-0.4, -0.2) is 32.2 Å². The van der Waals surface area contributed by atoms with E-state index in [0.29, 0.717) is 12.1 Å². The van der Waals surface area contributed by atoms with Crippen molar-refractivity contribution in [1.29, 1.82) is 0 Å². The van der Waals surface area contributed by atoms with Gasteiger partial charge >= 0.3 is 5.76 Å². The minimum absolute atomic E-state index is 0.232. The minimum Gasteiger partial charge on any atom is -0.324 e. The molecule has 0 aliphatic carbocycles. The fourth-order valence-electron chi connectivity index (χ4n) is 2.19. The van der Waals surface area contributed by atoms with Gasteiger partial charge in [0.15, 0.2) is 0 Å². The van der Waals surface area contributed by atoms with Crippen LogP contribution < -0.4 is 10.6 Å². The number of amides is 1. The number of sulfone groups is 1. The van der Waals surface area contributed by atoms with Gasteiger partial charge in [0, 0.05) is 5.69 Å².